The van der Waals surface area contributed by atoms with Crippen molar-refractivity contribution in [3.63, 3.8) is 0 Å². The molecular weight excluding hydrogens is 294 g/mol. The van der Waals surface area contributed by atoms with Gasteiger partial charge in [-0.15, -0.1) is 0 Å². The van der Waals surface area contributed by atoms with Crippen molar-refractivity contribution < 1.29 is 4.79 Å². The molecule has 0 aliphatic rings. The van der Waals surface area contributed by atoms with Crippen molar-refractivity contribution in [3.8, 4) is 0 Å². The largest absolute Gasteiger partial charge is 0.320 e. The lowest BCUT2D eigenvalue weighted by atomic mass is 10.2. The minimum atomic E-state index is -0.205. The third-order valence-corrected chi connectivity index (χ3v) is 3.38. The zero-order valence-electron chi connectivity index (χ0n) is 10.5. The molecule has 0 radical (unpaired) electrons. The molecule has 18 heavy (non-hydrogen) atoms. The maximum Gasteiger partial charge on any atom is 0.276 e. The van der Waals surface area contributed by atoms with Gasteiger partial charge in [0.15, 0.2) is 5.69 Å². The Morgan fingerprint density at radius 3 is 2.61 bits per heavy atom. The van der Waals surface area contributed by atoms with Crippen LogP contribution < -0.4 is 5.32 Å². The maximum atomic E-state index is 12.0. The van der Waals surface area contributed by atoms with Gasteiger partial charge in [-0.1, -0.05) is 6.07 Å². The predicted octanol–water partition coefficient (Wildman–Crippen LogP) is 3.05. The van der Waals surface area contributed by atoms with Crippen LogP contribution in [0.3, 0.4) is 0 Å². The molecule has 0 aliphatic carbocycles. The van der Waals surface area contributed by atoms with Crippen molar-refractivity contribution >= 4 is 27.5 Å². The summed E-state index contributed by atoms with van der Waals surface area (Å²) >= 11 is 3.43. The minimum absolute atomic E-state index is 0.205. The number of nitrogens with zero attached hydrogens (tertiary/aromatic N) is 2. The summed E-state index contributed by atoms with van der Waals surface area (Å²) in [5.74, 6) is -0.205. The van der Waals surface area contributed by atoms with Crippen LogP contribution in [0.4, 0.5) is 5.69 Å². The fourth-order valence-corrected chi connectivity index (χ4v) is 2.17. The van der Waals surface area contributed by atoms with E-state index in [-0.39, 0.29) is 5.91 Å². The number of carbonyl (C=O) groups is 1. The van der Waals surface area contributed by atoms with E-state index in [9.17, 15) is 4.79 Å². The lowest BCUT2D eigenvalue weighted by molar-refractivity contribution is 0.102. The number of amides is 1. The summed E-state index contributed by atoms with van der Waals surface area (Å²) in [6.07, 6.45) is 0. The van der Waals surface area contributed by atoms with Gasteiger partial charge in [-0.25, -0.2) is 0 Å². The molecule has 0 spiro atoms. The summed E-state index contributed by atoms with van der Waals surface area (Å²) in [5.41, 5.74) is 3.24. The highest BCUT2D eigenvalue weighted by atomic mass is 79.9. The summed E-state index contributed by atoms with van der Waals surface area (Å²) in [4.78, 5) is 12.0. The molecule has 0 saturated carbocycles. The highest BCUT2D eigenvalue weighted by Crippen LogP contribution is 2.23. The molecule has 0 unspecified atom stereocenters. The Hall–Kier alpha value is -1.62. The molecular formula is C13H14BrN3O. The molecule has 0 aliphatic heterocycles. The number of rotatable bonds is 2. The van der Waals surface area contributed by atoms with Gasteiger partial charge in [0.1, 0.15) is 0 Å². The Bertz CT molecular complexity index is 585. The number of hydrogen-bond acceptors (Lipinski definition) is 2. The van der Waals surface area contributed by atoms with Gasteiger partial charge in [0.2, 0.25) is 0 Å². The monoisotopic (exact) mass is 307 g/mol. The first kappa shape index (κ1) is 12.8. The summed E-state index contributed by atoms with van der Waals surface area (Å²) in [6, 6.07) is 7.54. The topological polar surface area (TPSA) is 46.9 Å². The third-order valence-electron chi connectivity index (χ3n) is 2.72. The molecule has 0 atom stereocenters. The number of carbonyl (C=O) groups excluding carboxylic acids is 1. The number of halogens is 1. The van der Waals surface area contributed by atoms with Crippen LogP contribution in [-0.4, -0.2) is 15.7 Å². The lowest BCUT2D eigenvalue weighted by Crippen LogP contribution is -2.13. The second-order valence-corrected chi connectivity index (χ2v) is 5.09. The molecule has 0 bridgehead atoms. The predicted molar refractivity (Wildman–Crippen MR) is 74.8 cm³/mol. The Kier molecular flexibility index (Phi) is 3.52. The molecule has 2 rings (SSSR count). The fourth-order valence-electron chi connectivity index (χ4n) is 1.58. The van der Waals surface area contributed by atoms with E-state index in [1.165, 1.54) is 0 Å². The molecule has 2 aromatic rings. The van der Waals surface area contributed by atoms with E-state index < -0.39 is 0 Å². The Labute approximate surface area is 114 Å². The molecule has 0 saturated heterocycles. The molecule has 1 amide bonds. The highest BCUT2D eigenvalue weighted by molar-refractivity contribution is 9.10. The van der Waals surface area contributed by atoms with Gasteiger partial charge < -0.3 is 5.32 Å². The second kappa shape index (κ2) is 4.94. The summed E-state index contributed by atoms with van der Waals surface area (Å²) in [6.45, 7) is 3.91. The maximum absolute atomic E-state index is 12.0. The van der Waals surface area contributed by atoms with Crippen LogP contribution in [0, 0.1) is 13.8 Å². The summed E-state index contributed by atoms with van der Waals surface area (Å²) < 4.78 is 2.54. The van der Waals surface area contributed by atoms with Crippen LogP contribution in [0.15, 0.2) is 28.7 Å². The minimum Gasteiger partial charge on any atom is -0.320 e. The Morgan fingerprint density at radius 2 is 2.06 bits per heavy atom. The fraction of sp³-hybridized carbons (Fsp3) is 0.231. The number of aryl methyl sites for hydroxylation is 3. The average Bonchev–Trinajstić information content (AvgIpc) is 2.63. The zero-order chi connectivity index (χ0) is 13.3. The van der Waals surface area contributed by atoms with Gasteiger partial charge in [0, 0.05) is 17.2 Å². The van der Waals surface area contributed by atoms with E-state index >= 15 is 0 Å². The normalized spacial score (nSPS) is 10.4. The number of benzene rings is 1. The van der Waals surface area contributed by atoms with Crippen molar-refractivity contribution in [2.45, 2.75) is 13.8 Å². The Morgan fingerprint density at radius 1 is 1.33 bits per heavy atom. The van der Waals surface area contributed by atoms with Crippen LogP contribution in [0.25, 0.3) is 0 Å². The van der Waals surface area contributed by atoms with Gasteiger partial charge in [-0.2, -0.15) is 5.10 Å². The summed E-state index contributed by atoms with van der Waals surface area (Å²) in [5, 5.41) is 6.98. The van der Waals surface area contributed by atoms with E-state index in [4.69, 9.17) is 0 Å². The standard InChI is InChI=1S/C13H14BrN3O/c1-8-4-5-11(10(14)6-8)15-13(18)12-7-9(2)17(3)16-12/h4-7H,1-3H3,(H,15,18). The van der Waals surface area contributed by atoms with E-state index in [1.54, 1.807) is 10.7 Å². The molecule has 1 aromatic heterocycles. The quantitative estimate of drug-likeness (QED) is 0.927. The highest BCUT2D eigenvalue weighted by Gasteiger charge is 2.12. The molecule has 5 heteroatoms. The van der Waals surface area contributed by atoms with Crippen LogP contribution in [0.2, 0.25) is 0 Å². The smallest absolute Gasteiger partial charge is 0.276 e. The molecule has 0 fully saturated rings. The van der Waals surface area contributed by atoms with Crippen molar-refractivity contribution in [3.05, 3.63) is 45.7 Å². The van der Waals surface area contributed by atoms with Crippen molar-refractivity contribution in [2.75, 3.05) is 5.32 Å². The van der Waals surface area contributed by atoms with Crippen molar-refractivity contribution in [1.82, 2.24) is 9.78 Å². The van der Waals surface area contributed by atoms with E-state index in [1.807, 2.05) is 39.1 Å². The molecule has 1 aromatic carbocycles. The number of hydrogen-bond donors (Lipinski definition) is 1. The SMILES string of the molecule is Cc1ccc(NC(=O)c2cc(C)n(C)n2)c(Br)c1. The zero-order valence-corrected chi connectivity index (χ0v) is 12.1. The van der Waals surface area contributed by atoms with Crippen LogP contribution in [0.1, 0.15) is 21.7 Å². The molecule has 94 valence electrons. The lowest BCUT2D eigenvalue weighted by Gasteiger charge is -2.06. The van der Waals surface area contributed by atoms with Crippen molar-refractivity contribution in [1.29, 1.82) is 0 Å². The number of aromatic nitrogens is 2. The van der Waals surface area contributed by atoms with E-state index in [0.29, 0.717) is 5.69 Å². The van der Waals surface area contributed by atoms with Gasteiger partial charge >= 0.3 is 0 Å². The van der Waals surface area contributed by atoms with Crippen LogP contribution in [-0.2, 0) is 7.05 Å². The average molecular weight is 308 g/mol. The van der Waals surface area contributed by atoms with Crippen LogP contribution in [0.5, 0.6) is 0 Å². The molecule has 1 heterocycles. The first-order valence-corrected chi connectivity index (χ1v) is 6.35. The molecule has 1 N–H and O–H groups in total. The first-order valence-electron chi connectivity index (χ1n) is 5.55. The van der Waals surface area contributed by atoms with E-state index in [2.05, 4.69) is 26.3 Å². The van der Waals surface area contributed by atoms with Gasteiger partial charge in [-0.3, -0.25) is 9.48 Å². The van der Waals surface area contributed by atoms with Gasteiger partial charge in [0.25, 0.3) is 5.91 Å². The second-order valence-electron chi connectivity index (χ2n) is 4.23. The van der Waals surface area contributed by atoms with Gasteiger partial charge in [-0.05, 0) is 53.5 Å². The summed E-state index contributed by atoms with van der Waals surface area (Å²) in [7, 11) is 1.81. The van der Waals surface area contributed by atoms with Crippen molar-refractivity contribution in [2.24, 2.45) is 7.05 Å². The third kappa shape index (κ3) is 2.61. The number of anilines is 1. The number of nitrogens with one attached hydrogen (secondary N) is 1. The van der Waals surface area contributed by atoms with E-state index in [0.717, 1.165) is 21.4 Å². The van der Waals surface area contributed by atoms with Crippen LogP contribution >= 0.6 is 15.9 Å². The van der Waals surface area contributed by atoms with Gasteiger partial charge in [0.05, 0.1) is 5.69 Å². The molecule has 4 nitrogen and oxygen atoms in total. The Balaban J connectivity index is 2.21. The first-order chi connectivity index (χ1) is 8.47.